The number of ether oxygens (including phenoxy) is 1. The number of esters is 1. The maximum atomic E-state index is 11.6. The van der Waals surface area contributed by atoms with Crippen LogP contribution in [0.15, 0.2) is 18.2 Å². The number of hydrogen-bond acceptors (Lipinski definition) is 2. The molecule has 0 radical (unpaired) electrons. The van der Waals surface area contributed by atoms with E-state index in [0.717, 1.165) is 23.9 Å². The number of aromatic nitrogens is 1. The zero-order valence-electron chi connectivity index (χ0n) is 9.17. The molecular weight excluding hydrogens is 202 g/mol. The fraction of sp³-hybridized carbons (Fsp3) is 0.308. The highest BCUT2D eigenvalue weighted by Crippen LogP contribution is 2.29. The van der Waals surface area contributed by atoms with Gasteiger partial charge in [-0.1, -0.05) is 19.1 Å². The number of aryl methyl sites for hydroxylation is 1. The van der Waals surface area contributed by atoms with Gasteiger partial charge in [-0.05, 0) is 23.6 Å². The number of nitrogens with one attached hydrogen (secondary N) is 1. The van der Waals surface area contributed by atoms with Gasteiger partial charge in [-0.15, -0.1) is 0 Å². The van der Waals surface area contributed by atoms with Gasteiger partial charge in [0.1, 0.15) is 5.69 Å². The van der Waals surface area contributed by atoms with Gasteiger partial charge in [0.05, 0.1) is 6.61 Å². The summed E-state index contributed by atoms with van der Waals surface area (Å²) in [4.78, 5) is 14.8. The summed E-state index contributed by atoms with van der Waals surface area (Å²) >= 11 is 0. The Morgan fingerprint density at radius 1 is 1.44 bits per heavy atom. The van der Waals surface area contributed by atoms with Gasteiger partial charge in [0.25, 0.3) is 0 Å². The molecule has 1 aromatic heterocycles. The van der Waals surface area contributed by atoms with Crippen molar-refractivity contribution in [2.24, 2.45) is 0 Å². The molecule has 1 N–H and O–H groups in total. The molecule has 0 spiro atoms. The van der Waals surface area contributed by atoms with E-state index in [0.29, 0.717) is 12.3 Å². The summed E-state index contributed by atoms with van der Waals surface area (Å²) in [7, 11) is 0. The van der Waals surface area contributed by atoms with Crippen molar-refractivity contribution in [3.63, 3.8) is 0 Å². The molecular formula is C13H13NO2. The molecule has 1 aliphatic heterocycles. The van der Waals surface area contributed by atoms with Crippen molar-refractivity contribution in [2.45, 2.75) is 19.8 Å². The Kier molecular flexibility index (Phi) is 1.99. The monoisotopic (exact) mass is 215 g/mol. The number of hydrogen-bond donors (Lipinski definition) is 1. The molecule has 0 saturated carbocycles. The normalized spacial score (nSPS) is 14.9. The van der Waals surface area contributed by atoms with Gasteiger partial charge in [0.2, 0.25) is 0 Å². The van der Waals surface area contributed by atoms with Gasteiger partial charge >= 0.3 is 5.97 Å². The van der Waals surface area contributed by atoms with E-state index in [9.17, 15) is 4.79 Å². The Morgan fingerprint density at radius 2 is 2.31 bits per heavy atom. The molecule has 2 heterocycles. The SMILES string of the molecule is CCc1cccc2[nH]c3c(c12)CCOC3=O. The highest BCUT2D eigenvalue weighted by molar-refractivity contribution is 6.00. The molecule has 0 unspecified atom stereocenters. The summed E-state index contributed by atoms with van der Waals surface area (Å²) < 4.78 is 5.04. The standard InChI is InChI=1S/C13H13NO2/c1-2-8-4-3-5-10-11(8)9-6-7-16-13(15)12(9)14-10/h3-5,14H,2,6-7H2,1H3. The van der Waals surface area contributed by atoms with Crippen LogP contribution >= 0.6 is 0 Å². The van der Waals surface area contributed by atoms with Crippen LogP contribution in [0.25, 0.3) is 10.9 Å². The van der Waals surface area contributed by atoms with E-state index >= 15 is 0 Å². The third-order valence-electron chi connectivity index (χ3n) is 3.18. The quantitative estimate of drug-likeness (QED) is 0.742. The van der Waals surface area contributed by atoms with Crippen LogP contribution in [-0.4, -0.2) is 17.6 Å². The summed E-state index contributed by atoms with van der Waals surface area (Å²) in [5, 5.41) is 1.22. The minimum atomic E-state index is -0.223. The fourth-order valence-corrected chi connectivity index (χ4v) is 2.43. The van der Waals surface area contributed by atoms with Crippen molar-refractivity contribution >= 4 is 16.9 Å². The van der Waals surface area contributed by atoms with Gasteiger partial charge in [-0.25, -0.2) is 4.79 Å². The zero-order chi connectivity index (χ0) is 11.1. The second-order valence-electron chi connectivity index (χ2n) is 4.06. The second-order valence-corrected chi connectivity index (χ2v) is 4.06. The van der Waals surface area contributed by atoms with Gasteiger partial charge in [0, 0.05) is 17.3 Å². The van der Waals surface area contributed by atoms with Gasteiger partial charge in [0.15, 0.2) is 0 Å². The lowest BCUT2D eigenvalue weighted by molar-refractivity contribution is 0.0475. The van der Waals surface area contributed by atoms with Crippen molar-refractivity contribution < 1.29 is 9.53 Å². The molecule has 0 aliphatic carbocycles. The molecule has 3 nitrogen and oxygen atoms in total. The van der Waals surface area contributed by atoms with Crippen LogP contribution in [-0.2, 0) is 17.6 Å². The zero-order valence-corrected chi connectivity index (χ0v) is 9.17. The van der Waals surface area contributed by atoms with E-state index in [1.807, 2.05) is 12.1 Å². The van der Waals surface area contributed by atoms with Crippen molar-refractivity contribution in [3.8, 4) is 0 Å². The first kappa shape index (κ1) is 9.46. The first-order valence-corrected chi connectivity index (χ1v) is 5.61. The van der Waals surface area contributed by atoms with Crippen molar-refractivity contribution in [1.29, 1.82) is 0 Å². The molecule has 82 valence electrons. The minimum Gasteiger partial charge on any atom is -0.461 e. The Bertz CT molecular complexity index is 569. The Morgan fingerprint density at radius 3 is 3.12 bits per heavy atom. The maximum Gasteiger partial charge on any atom is 0.355 e. The van der Waals surface area contributed by atoms with Gasteiger partial charge in [-0.2, -0.15) is 0 Å². The number of rotatable bonds is 1. The number of fused-ring (bicyclic) bond motifs is 3. The molecule has 0 bridgehead atoms. The predicted molar refractivity (Wildman–Crippen MR) is 61.7 cm³/mol. The summed E-state index contributed by atoms with van der Waals surface area (Å²) in [6, 6.07) is 6.16. The van der Waals surface area contributed by atoms with Crippen molar-refractivity contribution in [2.75, 3.05) is 6.61 Å². The number of carbonyl (C=O) groups excluding carboxylic acids is 1. The topological polar surface area (TPSA) is 42.1 Å². The largest absolute Gasteiger partial charge is 0.461 e. The van der Waals surface area contributed by atoms with Crippen LogP contribution in [0.4, 0.5) is 0 Å². The molecule has 0 saturated heterocycles. The van der Waals surface area contributed by atoms with E-state index in [1.165, 1.54) is 10.9 Å². The van der Waals surface area contributed by atoms with Crippen LogP contribution in [0.1, 0.15) is 28.5 Å². The summed E-state index contributed by atoms with van der Waals surface area (Å²) in [5.74, 6) is -0.223. The Labute approximate surface area is 93.4 Å². The molecule has 3 heteroatoms. The number of benzene rings is 1. The third kappa shape index (κ3) is 1.18. The van der Waals surface area contributed by atoms with Crippen LogP contribution < -0.4 is 0 Å². The van der Waals surface area contributed by atoms with Crippen molar-refractivity contribution in [1.82, 2.24) is 4.98 Å². The molecule has 16 heavy (non-hydrogen) atoms. The second kappa shape index (κ2) is 3.37. The van der Waals surface area contributed by atoms with E-state index < -0.39 is 0 Å². The third-order valence-corrected chi connectivity index (χ3v) is 3.18. The molecule has 0 atom stereocenters. The minimum absolute atomic E-state index is 0.223. The van der Waals surface area contributed by atoms with Crippen LogP contribution in [0, 0.1) is 0 Å². The fourth-order valence-electron chi connectivity index (χ4n) is 2.43. The smallest absolute Gasteiger partial charge is 0.355 e. The lowest BCUT2D eigenvalue weighted by Crippen LogP contribution is -2.16. The van der Waals surface area contributed by atoms with E-state index in [2.05, 4.69) is 18.0 Å². The Balaban J connectivity index is 2.37. The van der Waals surface area contributed by atoms with Crippen LogP contribution in [0.3, 0.4) is 0 Å². The van der Waals surface area contributed by atoms with E-state index in [-0.39, 0.29) is 5.97 Å². The molecule has 1 aromatic carbocycles. The van der Waals surface area contributed by atoms with Crippen molar-refractivity contribution in [3.05, 3.63) is 35.0 Å². The Hall–Kier alpha value is -1.77. The average molecular weight is 215 g/mol. The summed E-state index contributed by atoms with van der Waals surface area (Å²) in [5.41, 5.74) is 4.11. The highest BCUT2D eigenvalue weighted by Gasteiger charge is 2.24. The maximum absolute atomic E-state index is 11.6. The molecule has 3 rings (SSSR count). The first-order chi connectivity index (χ1) is 7.81. The average Bonchev–Trinajstić information content (AvgIpc) is 2.69. The van der Waals surface area contributed by atoms with Crippen LogP contribution in [0.5, 0.6) is 0 Å². The number of aromatic amines is 1. The van der Waals surface area contributed by atoms with E-state index in [4.69, 9.17) is 4.74 Å². The van der Waals surface area contributed by atoms with E-state index in [1.54, 1.807) is 0 Å². The lowest BCUT2D eigenvalue weighted by atomic mass is 10.0. The van der Waals surface area contributed by atoms with Gasteiger partial charge < -0.3 is 9.72 Å². The lowest BCUT2D eigenvalue weighted by Gasteiger charge is -2.12. The van der Waals surface area contributed by atoms with Gasteiger partial charge in [-0.3, -0.25) is 0 Å². The number of cyclic esters (lactones) is 1. The molecule has 2 aromatic rings. The molecule has 0 amide bonds. The first-order valence-electron chi connectivity index (χ1n) is 5.61. The summed E-state index contributed by atoms with van der Waals surface area (Å²) in [6.07, 6.45) is 1.80. The molecule has 0 fully saturated rings. The molecule has 1 aliphatic rings. The number of H-pyrrole nitrogens is 1. The predicted octanol–water partition coefficient (Wildman–Crippen LogP) is 2.44. The highest BCUT2D eigenvalue weighted by atomic mass is 16.5. The summed E-state index contributed by atoms with van der Waals surface area (Å²) in [6.45, 7) is 2.63. The van der Waals surface area contributed by atoms with Crippen LogP contribution in [0.2, 0.25) is 0 Å². The number of carbonyl (C=O) groups is 1.